The van der Waals surface area contributed by atoms with Crippen molar-refractivity contribution in [2.75, 3.05) is 6.54 Å². The molecule has 0 spiro atoms. The van der Waals surface area contributed by atoms with Gasteiger partial charge in [0.2, 0.25) is 0 Å². The average molecular weight is 428 g/mol. The first-order valence-corrected chi connectivity index (χ1v) is 10.1. The zero-order valence-electron chi connectivity index (χ0n) is 16.9. The van der Waals surface area contributed by atoms with E-state index in [4.69, 9.17) is 4.74 Å². The van der Waals surface area contributed by atoms with Crippen molar-refractivity contribution < 1.29 is 9.53 Å². The lowest BCUT2D eigenvalue weighted by molar-refractivity contribution is -0.140. The van der Waals surface area contributed by atoms with Crippen molar-refractivity contribution in [1.29, 1.82) is 0 Å². The van der Waals surface area contributed by atoms with Gasteiger partial charge in [0.15, 0.2) is 0 Å². The largest absolute Gasteiger partial charge is 0.425 e. The number of carbonyl (C=O) groups excluding carboxylic acids is 1. The van der Waals surface area contributed by atoms with Gasteiger partial charge in [0.25, 0.3) is 0 Å². The Labute approximate surface area is 171 Å². The highest BCUT2D eigenvalue weighted by Gasteiger charge is 2.28. The van der Waals surface area contributed by atoms with Crippen LogP contribution in [0, 0.1) is 0 Å². The Morgan fingerprint density at radius 1 is 0.885 bits per heavy atom. The number of esters is 1. The molecule has 26 heavy (non-hydrogen) atoms. The van der Waals surface area contributed by atoms with Gasteiger partial charge in [-0.1, -0.05) is 82.9 Å². The summed E-state index contributed by atoms with van der Waals surface area (Å²) in [6.07, 6.45) is 13.2. The van der Waals surface area contributed by atoms with Gasteiger partial charge in [-0.05, 0) is 38.9 Å². The molecule has 0 bridgehead atoms. The summed E-state index contributed by atoms with van der Waals surface area (Å²) in [6.45, 7) is 6.88. The topological polar surface area (TPSA) is 38.3 Å². The Morgan fingerprint density at radius 2 is 1.38 bits per heavy atom. The maximum absolute atomic E-state index is 12.3. The maximum Gasteiger partial charge on any atom is 0.331 e. The summed E-state index contributed by atoms with van der Waals surface area (Å²) in [7, 11) is 0. The molecule has 0 aliphatic rings. The minimum absolute atomic E-state index is 0. The SMILES string of the molecule is Br.CCCCCCCCCCCCNC(C)(C)C(=O)Oc1ccccc1. The molecular weight excluding hydrogens is 390 g/mol. The molecule has 3 nitrogen and oxygen atoms in total. The fraction of sp³-hybridized carbons (Fsp3) is 0.682. The van der Waals surface area contributed by atoms with Gasteiger partial charge in [0.1, 0.15) is 11.3 Å². The monoisotopic (exact) mass is 427 g/mol. The molecular formula is C22H38BrNO2. The quantitative estimate of drug-likeness (QED) is 0.210. The molecule has 0 heterocycles. The van der Waals surface area contributed by atoms with Crippen molar-refractivity contribution in [3.8, 4) is 5.75 Å². The lowest BCUT2D eigenvalue weighted by atomic mass is 10.0. The summed E-state index contributed by atoms with van der Waals surface area (Å²) in [5.41, 5.74) is -0.658. The molecule has 0 fully saturated rings. The van der Waals surface area contributed by atoms with Gasteiger partial charge in [-0.2, -0.15) is 0 Å². The lowest BCUT2D eigenvalue weighted by Crippen LogP contribution is -2.49. The highest BCUT2D eigenvalue weighted by Crippen LogP contribution is 2.14. The fourth-order valence-corrected chi connectivity index (χ4v) is 2.81. The summed E-state index contributed by atoms with van der Waals surface area (Å²) in [4.78, 5) is 12.3. The second-order valence-electron chi connectivity index (χ2n) is 7.44. The molecule has 0 saturated carbocycles. The van der Waals surface area contributed by atoms with Crippen LogP contribution in [-0.2, 0) is 4.79 Å². The first-order chi connectivity index (χ1) is 12.1. The number of rotatable bonds is 14. The molecule has 4 heteroatoms. The predicted molar refractivity (Wildman–Crippen MR) is 116 cm³/mol. The second kappa shape index (κ2) is 15.2. The van der Waals surface area contributed by atoms with Crippen LogP contribution in [0.3, 0.4) is 0 Å². The smallest absolute Gasteiger partial charge is 0.331 e. The van der Waals surface area contributed by atoms with Gasteiger partial charge in [-0.15, -0.1) is 17.0 Å². The van der Waals surface area contributed by atoms with Crippen LogP contribution in [0.25, 0.3) is 0 Å². The average Bonchev–Trinajstić information content (AvgIpc) is 2.60. The second-order valence-corrected chi connectivity index (χ2v) is 7.44. The molecule has 1 N–H and O–H groups in total. The fourth-order valence-electron chi connectivity index (χ4n) is 2.81. The molecule has 0 aliphatic carbocycles. The van der Waals surface area contributed by atoms with E-state index < -0.39 is 5.54 Å². The van der Waals surface area contributed by atoms with Crippen molar-refractivity contribution in [3.05, 3.63) is 30.3 Å². The maximum atomic E-state index is 12.3. The number of halogens is 1. The van der Waals surface area contributed by atoms with Crippen LogP contribution >= 0.6 is 17.0 Å². The number of unbranched alkanes of at least 4 members (excludes halogenated alkanes) is 9. The van der Waals surface area contributed by atoms with Crippen LogP contribution in [0.1, 0.15) is 85.0 Å². The minimum atomic E-state index is -0.658. The summed E-state index contributed by atoms with van der Waals surface area (Å²) >= 11 is 0. The lowest BCUT2D eigenvalue weighted by Gasteiger charge is -2.24. The Hall–Kier alpha value is -0.870. The van der Waals surface area contributed by atoms with E-state index in [1.807, 2.05) is 32.0 Å². The third-order valence-electron chi connectivity index (χ3n) is 4.56. The number of hydrogen-bond donors (Lipinski definition) is 1. The number of hydrogen-bond acceptors (Lipinski definition) is 3. The molecule has 0 aromatic heterocycles. The molecule has 0 radical (unpaired) electrons. The number of benzene rings is 1. The van der Waals surface area contributed by atoms with Crippen molar-refractivity contribution in [2.45, 2.75) is 90.5 Å². The van der Waals surface area contributed by atoms with Crippen LogP contribution in [0.4, 0.5) is 0 Å². The molecule has 0 aliphatic heterocycles. The first kappa shape index (κ1) is 25.1. The van der Waals surface area contributed by atoms with Crippen molar-refractivity contribution in [1.82, 2.24) is 5.32 Å². The number of nitrogens with one attached hydrogen (secondary N) is 1. The Bertz CT molecular complexity index is 462. The first-order valence-electron chi connectivity index (χ1n) is 10.1. The van der Waals surface area contributed by atoms with E-state index in [9.17, 15) is 4.79 Å². The number of para-hydroxylation sites is 1. The van der Waals surface area contributed by atoms with Crippen LogP contribution in [0.5, 0.6) is 5.75 Å². The van der Waals surface area contributed by atoms with Gasteiger partial charge in [-0.25, -0.2) is 4.79 Å². The van der Waals surface area contributed by atoms with E-state index in [0.29, 0.717) is 5.75 Å². The zero-order chi connectivity index (χ0) is 18.4. The molecule has 0 saturated heterocycles. The summed E-state index contributed by atoms with van der Waals surface area (Å²) in [5.74, 6) is 0.368. The van der Waals surface area contributed by atoms with E-state index in [-0.39, 0.29) is 23.0 Å². The third kappa shape index (κ3) is 11.7. The van der Waals surface area contributed by atoms with Crippen molar-refractivity contribution in [2.24, 2.45) is 0 Å². The normalized spacial score (nSPS) is 11.0. The zero-order valence-corrected chi connectivity index (χ0v) is 18.6. The Kier molecular flexibility index (Phi) is 14.7. The Balaban J connectivity index is 0.00000625. The highest BCUT2D eigenvalue weighted by atomic mass is 79.9. The highest BCUT2D eigenvalue weighted by molar-refractivity contribution is 8.93. The number of ether oxygens (including phenoxy) is 1. The number of carbonyl (C=O) groups is 1. The molecule has 0 amide bonds. The van der Waals surface area contributed by atoms with Gasteiger partial charge in [0.05, 0.1) is 0 Å². The summed E-state index contributed by atoms with van der Waals surface area (Å²) in [6, 6.07) is 9.25. The predicted octanol–water partition coefficient (Wildman–Crippen LogP) is 6.46. The molecule has 0 atom stereocenters. The molecule has 1 rings (SSSR count). The van der Waals surface area contributed by atoms with Gasteiger partial charge >= 0.3 is 5.97 Å². The summed E-state index contributed by atoms with van der Waals surface area (Å²) in [5, 5.41) is 3.33. The van der Waals surface area contributed by atoms with E-state index >= 15 is 0 Å². The third-order valence-corrected chi connectivity index (χ3v) is 4.56. The molecule has 0 unspecified atom stereocenters. The van der Waals surface area contributed by atoms with Crippen molar-refractivity contribution in [3.63, 3.8) is 0 Å². The van der Waals surface area contributed by atoms with Crippen molar-refractivity contribution >= 4 is 23.0 Å². The van der Waals surface area contributed by atoms with Gasteiger partial charge in [-0.3, -0.25) is 0 Å². The van der Waals surface area contributed by atoms with Crippen LogP contribution in [0.15, 0.2) is 30.3 Å². The van der Waals surface area contributed by atoms with Crippen LogP contribution in [0.2, 0.25) is 0 Å². The molecule has 150 valence electrons. The minimum Gasteiger partial charge on any atom is -0.425 e. The Morgan fingerprint density at radius 3 is 1.92 bits per heavy atom. The van der Waals surface area contributed by atoms with E-state index in [1.165, 1.54) is 57.8 Å². The molecule has 1 aromatic rings. The van der Waals surface area contributed by atoms with E-state index in [2.05, 4.69) is 12.2 Å². The van der Waals surface area contributed by atoms with Gasteiger partial charge < -0.3 is 10.1 Å². The van der Waals surface area contributed by atoms with E-state index in [0.717, 1.165) is 13.0 Å². The van der Waals surface area contributed by atoms with Crippen LogP contribution < -0.4 is 10.1 Å². The van der Waals surface area contributed by atoms with Gasteiger partial charge in [0, 0.05) is 0 Å². The summed E-state index contributed by atoms with van der Waals surface area (Å²) < 4.78 is 5.43. The molecule has 1 aromatic carbocycles. The van der Waals surface area contributed by atoms with Crippen LogP contribution in [-0.4, -0.2) is 18.1 Å². The van der Waals surface area contributed by atoms with E-state index in [1.54, 1.807) is 12.1 Å². The standard InChI is InChI=1S/C22H37NO2.BrH/c1-4-5-6-7-8-9-10-11-12-16-19-23-22(2,3)21(24)25-20-17-14-13-15-18-20;/h13-15,17-18,23H,4-12,16,19H2,1-3H3;1H.